The number of aryl methyl sites for hydroxylation is 1. The van der Waals surface area contributed by atoms with Gasteiger partial charge in [0.25, 0.3) is 0 Å². The summed E-state index contributed by atoms with van der Waals surface area (Å²) in [6.45, 7) is 6.40. The lowest BCUT2D eigenvalue weighted by Crippen LogP contribution is -2.50. The molecule has 26 heavy (non-hydrogen) atoms. The Hall–Kier alpha value is -2.44. The molecule has 0 amide bonds. The minimum Gasteiger partial charge on any atom is -0.411 e. The van der Waals surface area contributed by atoms with Crippen molar-refractivity contribution in [1.29, 1.82) is 0 Å². The number of rotatable bonds is 6. The van der Waals surface area contributed by atoms with Gasteiger partial charge in [0.1, 0.15) is 17.6 Å². The summed E-state index contributed by atoms with van der Waals surface area (Å²) in [5, 5.41) is 13.1. The maximum absolute atomic E-state index is 9.57. The monoisotopic (exact) mass is 354 g/mol. The summed E-state index contributed by atoms with van der Waals surface area (Å²) in [6.07, 6.45) is 1.55. The fraction of sp³-hybridized carbons (Fsp3) is 0.400. The summed E-state index contributed by atoms with van der Waals surface area (Å²) in [7, 11) is 1.66. The summed E-state index contributed by atoms with van der Waals surface area (Å²) in [6, 6.07) is 14.0. The molecule has 0 radical (unpaired) electrons. The number of aromatic nitrogens is 1. The molecule has 1 aromatic heterocycles. The van der Waals surface area contributed by atoms with Crippen LogP contribution >= 0.6 is 0 Å². The van der Waals surface area contributed by atoms with E-state index < -0.39 is 0 Å². The lowest BCUT2D eigenvalue weighted by Gasteiger charge is -2.36. The predicted molar refractivity (Wildman–Crippen MR) is 103 cm³/mol. The zero-order valence-corrected chi connectivity index (χ0v) is 15.4. The van der Waals surface area contributed by atoms with Gasteiger partial charge < -0.3 is 14.8 Å². The van der Waals surface area contributed by atoms with Gasteiger partial charge in [-0.2, -0.15) is 0 Å². The van der Waals surface area contributed by atoms with E-state index in [9.17, 15) is 5.21 Å². The second-order valence-corrected chi connectivity index (χ2v) is 6.55. The van der Waals surface area contributed by atoms with E-state index >= 15 is 0 Å². The Bertz CT molecular complexity index is 728. The smallest absolute Gasteiger partial charge is 0.128 e. The highest BCUT2D eigenvalue weighted by Crippen LogP contribution is 2.15. The molecule has 6 nitrogen and oxygen atoms in total. The number of anilines is 1. The lowest BCUT2D eigenvalue weighted by atomic mass is 10.0. The number of oxime groups is 1. The lowest BCUT2D eigenvalue weighted by molar-refractivity contribution is 0.104. The van der Waals surface area contributed by atoms with Crippen LogP contribution in [0.3, 0.4) is 0 Å². The summed E-state index contributed by atoms with van der Waals surface area (Å²) in [5.41, 5.74) is 2.59. The van der Waals surface area contributed by atoms with Gasteiger partial charge >= 0.3 is 0 Å². The Morgan fingerprint density at radius 3 is 2.62 bits per heavy atom. The second kappa shape index (κ2) is 8.78. The van der Waals surface area contributed by atoms with Crippen LogP contribution in [0.5, 0.6) is 0 Å². The number of hydrogen-bond donors (Lipinski definition) is 1. The molecule has 1 fully saturated rings. The van der Waals surface area contributed by atoms with E-state index in [0.717, 1.165) is 43.1 Å². The van der Waals surface area contributed by atoms with Crippen LogP contribution in [0, 0.1) is 6.92 Å². The summed E-state index contributed by atoms with van der Waals surface area (Å²) in [5.74, 6) is 1.02. The summed E-state index contributed by atoms with van der Waals surface area (Å²) < 4.78 is 5.65. The van der Waals surface area contributed by atoms with Crippen molar-refractivity contribution in [2.45, 2.75) is 13.0 Å². The van der Waals surface area contributed by atoms with E-state index in [4.69, 9.17) is 4.74 Å². The molecule has 1 unspecified atom stereocenters. The zero-order chi connectivity index (χ0) is 18.4. The SMILES string of the molecule is COC(CN1CCN(c2ccccn2)CC1)/C(=N\O)c1cccc(C)c1. The van der Waals surface area contributed by atoms with Gasteiger partial charge in [-0.1, -0.05) is 35.0 Å². The molecular weight excluding hydrogens is 328 g/mol. The molecule has 138 valence electrons. The third-order valence-electron chi connectivity index (χ3n) is 4.78. The number of piperazine rings is 1. The third-order valence-corrected chi connectivity index (χ3v) is 4.78. The van der Waals surface area contributed by atoms with E-state index in [2.05, 4.69) is 19.9 Å². The van der Waals surface area contributed by atoms with Gasteiger partial charge in [0.15, 0.2) is 0 Å². The van der Waals surface area contributed by atoms with E-state index in [-0.39, 0.29) is 6.10 Å². The minimum absolute atomic E-state index is 0.275. The number of ether oxygens (including phenoxy) is 1. The summed E-state index contributed by atoms with van der Waals surface area (Å²) >= 11 is 0. The fourth-order valence-electron chi connectivity index (χ4n) is 3.32. The molecule has 1 atom stereocenters. The Morgan fingerprint density at radius 1 is 1.19 bits per heavy atom. The molecule has 2 aromatic rings. The molecule has 0 aliphatic carbocycles. The number of hydrogen-bond acceptors (Lipinski definition) is 6. The molecule has 0 bridgehead atoms. The van der Waals surface area contributed by atoms with Crippen LogP contribution < -0.4 is 4.90 Å². The quantitative estimate of drug-likeness (QED) is 0.490. The van der Waals surface area contributed by atoms with Gasteiger partial charge in [-0.15, -0.1) is 0 Å². The van der Waals surface area contributed by atoms with Gasteiger partial charge in [-0.25, -0.2) is 4.98 Å². The highest BCUT2D eigenvalue weighted by Gasteiger charge is 2.25. The highest BCUT2D eigenvalue weighted by atomic mass is 16.5. The standard InChI is InChI=1S/C20H26N4O2/c1-16-6-5-7-17(14-16)20(22-25)18(26-2)15-23-10-12-24(13-11-23)19-8-3-4-9-21-19/h3-9,14,18,25H,10-13,15H2,1-2H3/b22-20-. The van der Waals surface area contributed by atoms with Gasteiger partial charge in [-0.3, -0.25) is 4.90 Å². The Kier molecular flexibility index (Phi) is 6.20. The van der Waals surface area contributed by atoms with Crippen LogP contribution in [-0.2, 0) is 4.74 Å². The largest absolute Gasteiger partial charge is 0.411 e. The molecule has 3 rings (SSSR count). The van der Waals surface area contributed by atoms with Crippen LogP contribution in [0.25, 0.3) is 0 Å². The van der Waals surface area contributed by atoms with Gasteiger partial charge in [0.05, 0.1) is 0 Å². The fourth-order valence-corrected chi connectivity index (χ4v) is 3.32. The minimum atomic E-state index is -0.275. The Balaban J connectivity index is 1.62. The van der Waals surface area contributed by atoms with E-state index in [1.165, 1.54) is 0 Å². The molecular formula is C20H26N4O2. The maximum Gasteiger partial charge on any atom is 0.128 e. The first kappa shape index (κ1) is 18.4. The van der Waals surface area contributed by atoms with Crippen LogP contribution in [-0.4, -0.2) is 66.7 Å². The van der Waals surface area contributed by atoms with Crippen molar-refractivity contribution >= 4 is 11.5 Å². The number of nitrogens with zero attached hydrogens (tertiary/aromatic N) is 4. The van der Waals surface area contributed by atoms with Crippen molar-refractivity contribution in [3.63, 3.8) is 0 Å². The topological polar surface area (TPSA) is 61.2 Å². The van der Waals surface area contributed by atoms with Crippen molar-refractivity contribution < 1.29 is 9.94 Å². The molecule has 1 aliphatic heterocycles. The van der Waals surface area contributed by atoms with Crippen LogP contribution in [0.2, 0.25) is 0 Å². The molecule has 0 spiro atoms. The van der Waals surface area contributed by atoms with E-state index in [0.29, 0.717) is 12.3 Å². The van der Waals surface area contributed by atoms with Gasteiger partial charge in [0, 0.05) is 51.6 Å². The van der Waals surface area contributed by atoms with Gasteiger partial charge in [0.2, 0.25) is 0 Å². The number of pyridine rings is 1. The van der Waals surface area contributed by atoms with Crippen LogP contribution in [0.15, 0.2) is 53.8 Å². The normalized spacial score (nSPS) is 17.3. The van der Waals surface area contributed by atoms with Crippen LogP contribution in [0.4, 0.5) is 5.82 Å². The molecule has 1 N–H and O–H groups in total. The Labute approximate surface area is 154 Å². The first-order chi connectivity index (χ1) is 12.7. The van der Waals surface area contributed by atoms with Crippen molar-refractivity contribution in [2.24, 2.45) is 5.16 Å². The second-order valence-electron chi connectivity index (χ2n) is 6.55. The van der Waals surface area contributed by atoms with Crippen LogP contribution in [0.1, 0.15) is 11.1 Å². The molecule has 1 saturated heterocycles. The van der Waals surface area contributed by atoms with Crippen molar-refractivity contribution in [2.75, 3.05) is 44.7 Å². The van der Waals surface area contributed by atoms with E-state index in [1.807, 2.05) is 55.6 Å². The first-order valence-electron chi connectivity index (χ1n) is 8.91. The average Bonchev–Trinajstić information content (AvgIpc) is 2.69. The van der Waals surface area contributed by atoms with Crippen molar-refractivity contribution in [3.05, 3.63) is 59.8 Å². The molecule has 1 aromatic carbocycles. The number of benzene rings is 1. The Morgan fingerprint density at radius 2 is 2.00 bits per heavy atom. The summed E-state index contributed by atoms with van der Waals surface area (Å²) in [4.78, 5) is 9.06. The molecule has 1 aliphatic rings. The molecule has 0 saturated carbocycles. The average molecular weight is 354 g/mol. The maximum atomic E-state index is 9.57. The molecule has 6 heteroatoms. The van der Waals surface area contributed by atoms with Gasteiger partial charge in [-0.05, 0) is 25.1 Å². The predicted octanol–water partition coefficient (Wildman–Crippen LogP) is 2.41. The first-order valence-corrected chi connectivity index (χ1v) is 8.91. The number of methoxy groups -OCH3 is 1. The van der Waals surface area contributed by atoms with Crippen molar-refractivity contribution in [1.82, 2.24) is 9.88 Å². The molecule has 2 heterocycles. The van der Waals surface area contributed by atoms with E-state index in [1.54, 1.807) is 7.11 Å². The van der Waals surface area contributed by atoms with Crippen molar-refractivity contribution in [3.8, 4) is 0 Å². The zero-order valence-electron chi connectivity index (χ0n) is 15.4. The third kappa shape index (κ3) is 4.39. The highest BCUT2D eigenvalue weighted by molar-refractivity contribution is 6.03.